The van der Waals surface area contributed by atoms with E-state index < -0.39 is 0 Å². The third-order valence-corrected chi connectivity index (χ3v) is 3.78. The van der Waals surface area contributed by atoms with E-state index >= 15 is 0 Å². The molecule has 0 saturated carbocycles. The zero-order valence-corrected chi connectivity index (χ0v) is 12.1. The molecule has 3 rings (SSSR count). The molecule has 0 radical (unpaired) electrons. The summed E-state index contributed by atoms with van der Waals surface area (Å²) < 4.78 is 5.66. The van der Waals surface area contributed by atoms with Crippen molar-refractivity contribution in [3.63, 3.8) is 0 Å². The van der Waals surface area contributed by atoms with Crippen LogP contribution in [0.1, 0.15) is 21.7 Å². The van der Waals surface area contributed by atoms with Crippen molar-refractivity contribution < 1.29 is 9.21 Å². The molecule has 20 heavy (non-hydrogen) atoms. The SMILES string of the molecule is Cc1cccc2cc(C(=O)c3c(Cl)cccc3Cl)oc12. The van der Waals surface area contributed by atoms with Crippen LogP contribution in [-0.2, 0) is 0 Å². The van der Waals surface area contributed by atoms with Crippen LogP contribution in [0.3, 0.4) is 0 Å². The Morgan fingerprint density at radius 3 is 2.35 bits per heavy atom. The quantitative estimate of drug-likeness (QED) is 0.603. The van der Waals surface area contributed by atoms with Gasteiger partial charge in [-0.25, -0.2) is 0 Å². The Bertz CT molecular complexity index is 798. The molecule has 0 unspecified atom stereocenters. The number of ketones is 1. The molecule has 0 spiro atoms. The van der Waals surface area contributed by atoms with E-state index in [0.29, 0.717) is 15.6 Å². The lowest BCUT2D eigenvalue weighted by Crippen LogP contribution is -2.01. The van der Waals surface area contributed by atoms with Crippen molar-refractivity contribution in [1.29, 1.82) is 0 Å². The summed E-state index contributed by atoms with van der Waals surface area (Å²) in [4.78, 5) is 12.5. The molecule has 0 aliphatic heterocycles. The van der Waals surface area contributed by atoms with Gasteiger partial charge >= 0.3 is 0 Å². The second-order valence-electron chi connectivity index (χ2n) is 4.53. The molecular formula is C16H10Cl2O2. The van der Waals surface area contributed by atoms with Gasteiger partial charge in [0.2, 0.25) is 5.78 Å². The second kappa shape index (κ2) is 4.97. The number of furan rings is 1. The lowest BCUT2D eigenvalue weighted by Gasteiger charge is -2.03. The van der Waals surface area contributed by atoms with Crippen molar-refractivity contribution in [2.45, 2.75) is 6.92 Å². The van der Waals surface area contributed by atoms with Crippen molar-refractivity contribution in [3.8, 4) is 0 Å². The summed E-state index contributed by atoms with van der Waals surface area (Å²) in [5.41, 5.74) is 1.96. The molecule has 0 fully saturated rings. The van der Waals surface area contributed by atoms with Gasteiger partial charge in [0.1, 0.15) is 5.58 Å². The van der Waals surface area contributed by atoms with Crippen molar-refractivity contribution >= 4 is 40.0 Å². The molecule has 0 atom stereocenters. The van der Waals surface area contributed by atoms with E-state index in [1.807, 2.05) is 25.1 Å². The second-order valence-corrected chi connectivity index (χ2v) is 5.34. The number of benzene rings is 2. The molecule has 0 saturated heterocycles. The van der Waals surface area contributed by atoms with Gasteiger partial charge in [0.15, 0.2) is 5.76 Å². The van der Waals surface area contributed by atoms with Crippen LogP contribution in [0, 0.1) is 6.92 Å². The average Bonchev–Trinajstić information content (AvgIpc) is 2.84. The third-order valence-electron chi connectivity index (χ3n) is 3.15. The first kappa shape index (κ1) is 13.2. The minimum absolute atomic E-state index is 0.240. The number of fused-ring (bicyclic) bond motifs is 1. The molecule has 4 heteroatoms. The molecule has 100 valence electrons. The molecule has 0 aliphatic rings. The first-order valence-electron chi connectivity index (χ1n) is 6.06. The normalized spacial score (nSPS) is 10.9. The molecule has 1 aromatic heterocycles. The van der Waals surface area contributed by atoms with E-state index in [4.69, 9.17) is 27.6 Å². The summed E-state index contributed by atoms with van der Waals surface area (Å²) in [5.74, 6) is -0.0690. The van der Waals surface area contributed by atoms with E-state index in [9.17, 15) is 4.79 Å². The molecule has 0 bridgehead atoms. The maximum absolute atomic E-state index is 12.5. The van der Waals surface area contributed by atoms with Gasteiger partial charge < -0.3 is 4.42 Å². The van der Waals surface area contributed by atoms with Crippen LogP contribution in [0.15, 0.2) is 46.9 Å². The minimum Gasteiger partial charge on any atom is -0.452 e. The third kappa shape index (κ3) is 2.11. The van der Waals surface area contributed by atoms with Gasteiger partial charge in [-0.05, 0) is 30.7 Å². The lowest BCUT2D eigenvalue weighted by atomic mass is 10.1. The van der Waals surface area contributed by atoms with E-state index in [-0.39, 0.29) is 17.1 Å². The van der Waals surface area contributed by atoms with Crippen molar-refractivity contribution in [2.75, 3.05) is 0 Å². The van der Waals surface area contributed by atoms with E-state index in [0.717, 1.165) is 10.9 Å². The van der Waals surface area contributed by atoms with Crippen molar-refractivity contribution in [3.05, 3.63) is 69.4 Å². The van der Waals surface area contributed by atoms with Crippen LogP contribution in [0.5, 0.6) is 0 Å². The fraction of sp³-hybridized carbons (Fsp3) is 0.0625. The molecule has 0 N–H and O–H groups in total. The topological polar surface area (TPSA) is 30.2 Å². The highest BCUT2D eigenvalue weighted by Crippen LogP contribution is 2.30. The van der Waals surface area contributed by atoms with Crippen LogP contribution in [0.25, 0.3) is 11.0 Å². The molecule has 2 aromatic carbocycles. The van der Waals surface area contributed by atoms with Crippen LogP contribution in [0.2, 0.25) is 10.0 Å². The standard InChI is InChI=1S/C16H10Cl2O2/c1-9-4-2-5-10-8-13(20-16(9)10)15(19)14-11(17)6-3-7-12(14)18/h2-8H,1H3. The smallest absolute Gasteiger partial charge is 0.231 e. The number of hydrogen-bond donors (Lipinski definition) is 0. The van der Waals surface area contributed by atoms with Gasteiger partial charge in [0.25, 0.3) is 0 Å². The predicted molar refractivity (Wildman–Crippen MR) is 80.8 cm³/mol. The van der Waals surface area contributed by atoms with Crippen LogP contribution < -0.4 is 0 Å². The zero-order chi connectivity index (χ0) is 14.3. The van der Waals surface area contributed by atoms with Gasteiger partial charge in [-0.2, -0.15) is 0 Å². The summed E-state index contributed by atoms with van der Waals surface area (Å²) in [7, 11) is 0. The maximum Gasteiger partial charge on any atom is 0.231 e. The number of carbonyl (C=O) groups is 1. The van der Waals surface area contributed by atoms with Crippen molar-refractivity contribution in [2.24, 2.45) is 0 Å². The first-order valence-corrected chi connectivity index (χ1v) is 6.81. The van der Waals surface area contributed by atoms with Crippen LogP contribution in [0.4, 0.5) is 0 Å². The maximum atomic E-state index is 12.5. The number of rotatable bonds is 2. The number of halogens is 2. The number of carbonyl (C=O) groups excluding carboxylic acids is 1. The lowest BCUT2D eigenvalue weighted by molar-refractivity contribution is 0.101. The zero-order valence-electron chi connectivity index (χ0n) is 10.6. The molecule has 3 aromatic rings. The van der Waals surface area contributed by atoms with E-state index in [1.54, 1.807) is 24.3 Å². The summed E-state index contributed by atoms with van der Waals surface area (Å²) in [6.07, 6.45) is 0. The minimum atomic E-state index is -0.309. The summed E-state index contributed by atoms with van der Waals surface area (Å²) >= 11 is 12.1. The summed E-state index contributed by atoms with van der Waals surface area (Å²) in [5, 5.41) is 1.52. The Morgan fingerprint density at radius 1 is 1.05 bits per heavy atom. The Morgan fingerprint density at radius 2 is 1.70 bits per heavy atom. The number of hydrogen-bond acceptors (Lipinski definition) is 2. The van der Waals surface area contributed by atoms with Gasteiger partial charge in [-0.1, -0.05) is 47.5 Å². The van der Waals surface area contributed by atoms with Gasteiger partial charge in [0.05, 0.1) is 15.6 Å². The largest absolute Gasteiger partial charge is 0.452 e. The monoisotopic (exact) mass is 304 g/mol. The Labute approximate surface area is 125 Å². The summed E-state index contributed by atoms with van der Waals surface area (Å²) in [6.45, 7) is 1.93. The molecule has 0 amide bonds. The van der Waals surface area contributed by atoms with Gasteiger partial charge in [-0.3, -0.25) is 4.79 Å². The molecule has 0 aliphatic carbocycles. The Kier molecular flexibility index (Phi) is 3.28. The Balaban J connectivity index is 2.16. The number of aryl methyl sites for hydroxylation is 1. The molecule has 2 nitrogen and oxygen atoms in total. The van der Waals surface area contributed by atoms with E-state index in [2.05, 4.69) is 0 Å². The van der Waals surface area contributed by atoms with Crippen molar-refractivity contribution in [1.82, 2.24) is 0 Å². The highest BCUT2D eigenvalue weighted by molar-refractivity contribution is 6.40. The fourth-order valence-electron chi connectivity index (χ4n) is 2.16. The molecular weight excluding hydrogens is 295 g/mol. The fourth-order valence-corrected chi connectivity index (χ4v) is 2.73. The van der Waals surface area contributed by atoms with Crippen LogP contribution in [-0.4, -0.2) is 5.78 Å². The number of para-hydroxylation sites is 1. The molecule has 1 heterocycles. The predicted octanol–water partition coefficient (Wildman–Crippen LogP) is 5.28. The highest BCUT2D eigenvalue weighted by atomic mass is 35.5. The summed E-state index contributed by atoms with van der Waals surface area (Å²) in [6, 6.07) is 12.4. The first-order chi connectivity index (χ1) is 9.58. The van der Waals surface area contributed by atoms with Gasteiger partial charge in [-0.15, -0.1) is 0 Å². The highest BCUT2D eigenvalue weighted by Gasteiger charge is 2.20. The average molecular weight is 305 g/mol. The van der Waals surface area contributed by atoms with E-state index in [1.165, 1.54) is 0 Å². The van der Waals surface area contributed by atoms with Crippen LogP contribution >= 0.6 is 23.2 Å². The Hall–Kier alpha value is -1.77. The van der Waals surface area contributed by atoms with Gasteiger partial charge in [0, 0.05) is 5.39 Å².